The molecule has 1 aromatic carbocycles. The predicted molar refractivity (Wildman–Crippen MR) is 91.9 cm³/mol. The fourth-order valence-electron chi connectivity index (χ4n) is 2.26. The first-order valence-corrected chi connectivity index (χ1v) is 8.38. The second-order valence-electron chi connectivity index (χ2n) is 5.83. The maximum absolute atomic E-state index is 13.1. The number of thiazole rings is 1. The van der Waals surface area contributed by atoms with Gasteiger partial charge in [0, 0.05) is 18.1 Å². The van der Waals surface area contributed by atoms with Gasteiger partial charge in [-0.1, -0.05) is 13.8 Å². The largest absolute Gasteiger partial charge is 0.352 e. The van der Waals surface area contributed by atoms with Gasteiger partial charge in [-0.05, 0) is 35.7 Å². The summed E-state index contributed by atoms with van der Waals surface area (Å²) in [5, 5.41) is 4.49. The number of nitrogens with one attached hydrogen (secondary N) is 1. The van der Waals surface area contributed by atoms with E-state index in [9.17, 15) is 14.0 Å². The summed E-state index contributed by atoms with van der Waals surface area (Å²) in [6.45, 7) is 4.43. The first-order chi connectivity index (χ1) is 11.5. The van der Waals surface area contributed by atoms with Crippen LogP contribution in [0.5, 0.6) is 0 Å². The predicted octanol–water partition coefficient (Wildman–Crippen LogP) is 2.95. The van der Waals surface area contributed by atoms with Crippen LogP contribution in [-0.4, -0.2) is 21.8 Å². The molecule has 124 valence electrons. The van der Waals surface area contributed by atoms with Gasteiger partial charge in [-0.2, -0.15) is 0 Å². The number of halogens is 1. The molecular weight excluding hydrogens is 329 g/mol. The average Bonchev–Trinajstić information content (AvgIpc) is 2.98. The minimum atomic E-state index is -0.438. The maximum atomic E-state index is 13.1. The third-order valence-electron chi connectivity index (χ3n) is 3.50. The molecule has 5 nitrogen and oxygen atoms in total. The molecule has 0 aliphatic rings. The third-order valence-corrected chi connectivity index (χ3v) is 4.34. The Kier molecular flexibility index (Phi) is 4.44. The molecule has 0 aliphatic heterocycles. The Morgan fingerprint density at radius 3 is 2.71 bits per heavy atom. The minimum Gasteiger partial charge on any atom is -0.352 e. The lowest BCUT2D eigenvalue weighted by molar-refractivity contribution is 0.0947. The molecule has 2 heterocycles. The lowest BCUT2D eigenvalue weighted by Crippen LogP contribution is -2.33. The van der Waals surface area contributed by atoms with E-state index in [0.717, 1.165) is 0 Å². The average molecular weight is 345 g/mol. The molecule has 0 aliphatic carbocycles. The Balaban J connectivity index is 2.08. The van der Waals surface area contributed by atoms with E-state index >= 15 is 0 Å². The van der Waals surface area contributed by atoms with Gasteiger partial charge in [-0.15, -0.1) is 11.3 Å². The van der Waals surface area contributed by atoms with E-state index < -0.39 is 11.5 Å². The second kappa shape index (κ2) is 6.52. The van der Waals surface area contributed by atoms with E-state index in [-0.39, 0.29) is 17.3 Å². The molecule has 3 aromatic rings. The number of aromatic nitrogens is 2. The van der Waals surface area contributed by atoms with Crippen LogP contribution in [0.2, 0.25) is 0 Å². The second-order valence-corrected chi connectivity index (χ2v) is 6.66. The van der Waals surface area contributed by atoms with Crippen molar-refractivity contribution in [2.24, 2.45) is 5.92 Å². The molecule has 1 amide bonds. The topological polar surface area (TPSA) is 63.5 Å². The number of benzene rings is 1. The van der Waals surface area contributed by atoms with E-state index in [1.54, 1.807) is 17.5 Å². The van der Waals surface area contributed by atoms with Crippen LogP contribution in [0.25, 0.3) is 16.2 Å². The number of fused-ring (bicyclic) bond motifs is 1. The normalized spacial score (nSPS) is 11.2. The van der Waals surface area contributed by atoms with Crippen LogP contribution in [0, 0.1) is 11.7 Å². The summed E-state index contributed by atoms with van der Waals surface area (Å²) in [4.78, 5) is 29.6. The molecule has 1 N–H and O–H groups in total. The molecule has 0 spiro atoms. The van der Waals surface area contributed by atoms with E-state index in [4.69, 9.17) is 0 Å². The van der Waals surface area contributed by atoms with Crippen molar-refractivity contribution >= 4 is 22.2 Å². The zero-order chi connectivity index (χ0) is 17.3. The summed E-state index contributed by atoms with van der Waals surface area (Å²) >= 11 is 1.29. The van der Waals surface area contributed by atoms with Crippen LogP contribution >= 0.6 is 11.3 Å². The van der Waals surface area contributed by atoms with Crippen molar-refractivity contribution in [3.63, 3.8) is 0 Å². The van der Waals surface area contributed by atoms with E-state index in [1.165, 1.54) is 34.1 Å². The van der Waals surface area contributed by atoms with Crippen LogP contribution in [0.3, 0.4) is 0 Å². The fourth-order valence-corrected chi connectivity index (χ4v) is 3.12. The van der Waals surface area contributed by atoms with Crippen LogP contribution in [-0.2, 0) is 0 Å². The fraction of sp³-hybridized carbons (Fsp3) is 0.235. The van der Waals surface area contributed by atoms with Crippen molar-refractivity contribution in [3.05, 3.63) is 57.6 Å². The van der Waals surface area contributed by atoms with Gasteiger partial charge in [0.05, 0.1) is 5.69 Å². The quantitative estimate of drug-likeness (QED) is 0.791. The van der Waals surface area contributed by atoms with E-state index in [1.807, 2.05) is 13.8 Å². The summed E-state index contributed by atoms with van der Waals surface area (Å²) in [5.74, 6) is -0.506. The van der Waals surface area contributed by atoms with Crippen LogP contribution in [0.4, 0.5) is 4.39 Å². The standard InChI is InChI=1S/C17H16FN3O2S/c1-10(2)7-19-15(22)13-8-20-17-21(16(13)23)14(9-24-17)11-3-5-12(18)6-4-11/h3-6,8-10H,7H2,1-2H3,(H,19,22). The Morgan fingerprint density at radius 1 is 1.33 bits per heavy atom. The van der Waals surface area contributed by atoms with Gasteiger partial charge >= 0.3 is 0 Å². The Bertz CT molecular complexity index is 945. The molecule has 0 saturated carbocycles. The molecule has 7 heteroatoms. The van der Waals surface area contributed by atoms with Crippen molar-refractivity contribution in [1.29, 1.82) is 0 Å². The van der Waals surface area contributed by atoms with Gasteiger partial charge in [0.25, 0.3) is 11.5 Å². The zero-order valence-corrected chi connectivity index (χ0v) is 14.1. The summed E-state index contributed by atoms with van der Waals surface area (Å²) in [6.07, 6.45) is 1.30. The Hall–Kier alpha value is -2.54. The van der Waals surface area contributed by atoms with Crippen molar-refractivity contribution in [1.82, 2.24) is 14.7 Å². The first-order valence-electron chi connectivity index (χ1n) is 7.50. The van der Waals surface area contributed by atoms with Gasteiger partial charge in [-0.25, -0.2) is 9.37 Å². The highest BCUT2D eigenvalue weighted by Gasteiger charge is 2.17. The van der Waals surface area contributed by atoms with Gasteiger partial charge in [0.1, 0.15) is 11.4 Å². The minimum absolute atomic E-state index is 0.00471. The lowest BCUT2D eigenvalue weighted by Gasteiger charge is -2.08. The van der Waals surface area contributed by atoms with Crippen molar-refractivity contribution in [2.45, 2.75) is 13.8 Å². The summed E-state index contributed by atoms with van der Waals surface area (Å²) < 4.78 is 14.5. The Morgan fingerprint density at radius 2 is 2.04 bits per heavy atom. The molecule has 0 saturated heterocycles. The van der Waals surface area contributed by atoms with Gasteiger partial charge in [0.2, 0.25) is 0 Å². The molecule has 0 fully saturated rings. The van der Waals surface area contributed by atoms with Crippen molar-refractivity contribution < 1.29 is 9.18 Å². The highest BCUT2D eigenvalue weighted by atomic mass is 32.1. The molecule has 3 rings (SSSR count). The highest BCUT2D eigenvalue weighted by molar-refractivity contribution is 7.15. The Labute approximate surface area is 141 Å². The third kappa shape index (κ3) is 3.07. The monoisotopic (exact) mass is 345 g/mol. The smallest absolute Gasteiger partial charge is 0.271 e. The van der Waals surface area contributed by atoms with Gasteiger partial charge in [0.15, 0.2) is 4.96 Å². The number of carbonyl (C=O) groups excluding carboxylic acids is 1. The number of amides is 1. The van der Waals surface area contributed by atoms with Crippen molar-refractivity contribution in [3.8, 4) is 11.3 Å². The number of hydrogen-bond donors (Lipinski definition) is 1. The summed E-state index contributed by atoms with van der Waals surface area (Å²) in [6, 6.07) is 5.84. The number of rotatable bonds is 4. The van der Waals surface area contributed by atoms with Gasteiger partial charge in [-0.3, -0.25) is 14.0 Å². The van der Waals surface area contributed by atoms with Crippen molar-refractivity contribution in [2.75, 3.05) is 6.54 Å². The van der Waals surface area contributed by atoms with Gasteiger partial charge < -0.3 is 5.32 Å². The molecule has 0 unspecified atom stereocenters. The molecule has 0 radical (unpaired) electrons. The SMILES string of the molecule is CC(C)CNC(=O)c1cnc2scc(-c3ccc(F)cc3)n2c1=O. The zero-order valence-electron chi connectivity index (χ0n) is 13.2. The number of hydrogen-bond acceptors (Lipinski definition) is 4. The first kappa shape index (κ1) is 16.3. The highest BCUT2D eigenvalue weighted by Crippen LogP contribution is 2.24. The van der Waals surface area contributed by atoms with Crippen LogP contribution in [0.1, 0.15) is 24.2 Å². The molecule has 24 heavy (non-hydrogen) atoms. The summed E-state index contributed by atoms with van der Waals surface area (Å²) in [7, 11) is 0. The molecule has 0 bridgehead atoms. The van der Waals surface area contributed by atoms with Crippen LogP contribution < -0.4 is 10.9 Å². The maximum Gasteiger partial charge on any atom is 0.271 e. The molecule has 0 atom stereocenters. The van der Waals surface area contributed by atoms with E-state index in [2.05, 4.69) is 10.3 Å². The molecular formula is C17H16FN3O2S. The number of carbonyl (C=O) groups is 1. The van der Waals surface area contributed by atoms with Crippen LogP contribution in [0.15, 0.2) is 40.6 Å². The lowest BCUT2D eigenvalue weighted by atomic mass is 10.1. The summed E-state index contributed by atoms with van der Waals surface area (Å²) in [5.41, 5.74) is 0.842. The number of nitrogens with zero attached hydrogens (tertiary/aromatic N) is 2. The molecule has 2 aromatic heterocycles. The van der Waals surface area contributed by atoms with E-state index in [0.29, 0.717) is 22.8 Å².